The van der Waals surface area contributed by atoms with Crippen molar-refractivity contribution in [3.63, 3.8) is 0 Å². The predicted octanol–water partition coefficient (Wildman–Crippen LogP) is 5.55. The zero-order valence-electron chi connectivity index (χ0n) is 11.5. The minimum Gasteiger partial charge on any atom is -0.494 e. The first-order valence-corrected chi connectivity index (χ1v) is 7.68. The van der Waals surface area contributed by atoms with Crippen LogP contribution in [0.4, 0.5) is 0 Å². The lowest BCUT2D eigenvalue weighted by molar-refractivity contribution is 0.304. The molecule has 0 fully saturated rings. The highest BCUT2D eigenvalue weighted by Crippen LogP contribution is 2.15. The second kappa shape index (κ2) is 10.3. The van der Waals surface area contributed by atoms with Gasteiger partial charge in [0.25, 0.3) is 0 Å². The summed E-state index contributed by atoms with van der Waals surface area (Å²) < 4.78 is 5.72. The van der Waals surface area contributed by atoms with Crippen molar-refractivity contribution in [2.45, 2.75) is 57.7 Å². The van der Waals surface area contributed by atoms with Crippen LogP contribution in [0.1, 0.15) is 57.4 Å². The van der Waals surface area contributed by atoms with Crippen molar-refractivity contribution < 1.29 is 4.74 Å². The number of hydrogen-bond acceptors (Lipinski definition) is 1. The van der Waals surface area contributed by atoms with E-state index in [0.29, 0.717) is 5.88 Å². The summed E-state index contributed by atoms with van der Waals surface area (Å²) in [6, 6.07) is 8.04. The van der Waals surface area contributed by atoms with Gasteiger partial charge in [-0.3, -0.25) is 0 Å². The van der Waals surface area contributed by atoms with Crippen molar-refractivity contribution in [2.24, 2.45) is 0 Å². The van der Waals surface area contributed by atoms with Crippen molar-refractivity contribution in [1.29, 1.82) is 0 Å². The Morgan fingerprint density at radius 1 is 1.00 bits per heavy atom. The summed E-state index contributed by atoms with van der Waals surface area (Å²) in [5.74, 6) is 1.49. The fourth-order valence-electron chi connectivity index (χ4n) is 1.97. The van der Waals surface area contributed by atoms with Crippen LogP contribution in [0.3, 0.4) is 0 Å². The van der Waals surface area contributed by atoms with Gasteiger partial charge in [-0.2, -0.15) is 0 Å². The monoisotopic (exact) mass is 268 g/mol. The van der Waals surface area contributed by atoms with Crippen molar-refractivity contribution in [1.82, 2.24) is 0 Å². The first-order chi connectivity index (χ1) is 8.86. The van der Waals surface area contributed by atoms with Gasteiger partial charge in [0.2, 0.25) is 0 Å². The largest absolute Gasteiger partial charge is 0.494 e. The first-order valence-electron chi connectivity index (χ1n) is 7.14. The molecule has 0 radical (unpaired) electrons. The summed E-state index contributed by atoms with van der Waals surface area (Å²) in [4.78, 5) is 0. The third kappa shape index (κ3) is 6.90. The molecule has 0 aliphatic carbocycles. The quantitative estimate of drug-likeness (QED) is 0.399. The first kappa shape index (κ1) is 15.4. The minimum absolute atomic E-state index is 0.550. The second-order valence-corrected chi connectivity index (χ2v) is 5.02. The minimum atomic E-state index is 0.550. The lowest BCUT2D eigenvalue weighted by atomic mass is 10.1. The average molecular weight is 269 g/mol. The molecule has 0 unspecified atom stereocenters. The summed E-state index contributed by atoms with van der Waals surface area (Å²) >= 11 is 5.79. The van der Waals surface area contributed by atoms with Crippen LogP contribution in [0.2, 0.25) is 0 Å². The highest BCUT2D eigenvalue weighted by Gasteiger charge is 1.96. The molecule has 0 atom stereocenters. The van der Waals surface area contributed by atoms with E-state index in [9.17, 15) is 0 Å². The average Bonchev–Trinajstić information content (AvgIpc) is 2.42. The van der Waals surface area contributed by atoms with E-state index in [0.717, 1.165) is 24.3 Å². The van der Waals surface area contributed by atoms with Crippen LogP contribution in [-0.4, -0.2) is 6.61 Å². The Labute approximate surface area is 116 Å². The fraction of sp³-hybridized carbons (Fsp3) is 0.625. The predicted molar refractivity (Wildman–Crippen MR) is 79.5 cm³/mol. The van der Waals surface area contributed by atoms with Gasteiger partial charge in [-0.1, -0.05) is 57.6 Å². The van der Waals surface area contributed by atoms with E-state index in [2.05, 4.69) is 6.92 Å². The molecule has 0 aromatic heterocycles. The standard InChI is InChI=1S/C16H25ClO/c1-2-3-4-5-6-7-8-12-18-16-11-9-10-15(13-16)14-17/h9-11,13H,2-8,12,14H2,1H3. The SMILES string of the molecule is CCCCCCCCCOc1cccc(CCl)c1. The third-order valence-electron chi connectivity index (χ3n) is 3.07. The van der Waals surface area contributed by atoms with Crippen LogP contribution in [0.25, 0.3) is 0 Å². The Kier molecular flexibility index (Phi) is 8.75. The van der Waals surface area contributed by atoms with Gasteiger partial charge in [-0.15, -0.1) is 11.6 Å². The molecule has 0 aliphatic heterocycles. The molecule has 2 heteroatoms. The van der Waals surface area contributed by atoms with E-state index in [1.165, 1.54) is 38.5 Å². The van der Waals surface area contributed by atoms with Gasteiger partial charge < -0.3 is 4.74 Å². The summed E-state index contributed by atoms with van der Waals surface area (Å²) in [5.41, 5.74) is 1.12. The smallest absolute Gasteiger partial charge is 0.119 e. The molecule has 1 aromatic carbocycles. The third-order valence-corrected chi connectivity index (χ3v) is 3.38. The Morgan fingerprint density at radius 2 is 1.72 bits per heavy atom. The maximum atomic E-state index is 5.79. The number of alkyl halides is 1. The molecule has 102 valence electrons. The topological polar surface area (TPSA) is 9.23 Å². The number of hydrogen-bond donors (Lipinski definition) is 0. The normalized spacial score (nSPS) is 10.6. The van der Waals surface area contributed by atoms with Gasteiger partial charge >= 0.3 is 0 Å². The molecule has 18 heavy (non-hydrogen) atoms. The zero-order chi connectivity index (χ0) is 13.1. The second-order valence-electron chi connectivity index (χ2n) is 4.75. The van der Waals surface area contributed by atoms with Crippen molar-refractivity contribution in [3.05, 3.63) is 29.8 Å². The van der Waals surface area contributed by atoms with Crippen LogP contribution >= 0.6 is 11.6 Å². The van der Waals surface area contributed by atoms with Crippen molar-refractivity contribution >= 4 is 11.6 Å². The van der Waals surface area contributed by atoms with Gasteiger partial charge in [0, 0.05) is 5.88 Å². The van der Waals surface area contributed by atoms with Gasteiger partial charge in [0.15, 0.2) is 0 Å². The Bertz CT molecular complexity index is 312. The van der Waals surface area contributed by atoms with E-state index in [4.69, 9.17) is 16.3 Å². The molecule has 0 N–H and O–H groups in total. The van der Waals surface area contributed by atoms with Crippen molar-refractivity contribution in [2.75, 3.05) is 6.61 Å². The lowest BCUT2D eigenvalue weighted by Gasteiger charge is -2.07. The number of rotatable bonds is 10. The maximum absolute atomic E-state index is 5.79. The van der Waals surface area contributed by atoms with Crippen LogP contribution in [0.5, 0.6) is 5.75 Å². The molecule has 1 rings (SSSR count). The van der Waals surface area contributed by atoms with E-state index >= 15 is 0 Å². The molecule has 0 heterocycles. The zero-order valence-corrected chi connectivity index (χ0v) is 12.2. The Hall–Kier alpha value is -0.690. The maximum Gasteiger partial charge on any atom is 0.119 e. The summed E-state index contributed by atoms with van der Waals surface area (Å²) in [6.45, 7) is 3.07. The molecule has 1 aromatic rings. The molecular weight excluding hydrogens is 244 g/mol. The van der Waals surface area contributed by atoms with Gasteiger partial charge in [0.1, 0.15) is 5.75 Å². The molecule has 0 saturated heterocycles. The molecule has 0 bridgehead atoms. The van der Waals surface area contributed by atoms with Crippen molar-refractivity contribution in [3.8, 4) is 5.75 Å². The van der Waals surface area contributed by atoms with E-state index in [1.807, 2.05) is 24.3 Å². The van der Waals surface area contributed by atoms with E-state index in [-0.39, 0.29) is 0 Å². The van der Waals surface area contributed by atoms with Crippen LogP contribution in [0.15, 0.2) is 24.3 Å². The molecular formula is C16H25ClO. The van der Waals surface area contributed by atoms with Gasteiger partial charge in [0.05, 0.1) is 6.61 Å². The Morgan fingerprint density at radius 3 is 2.44 bits per heavy atom. The highest BCUT2D eigenvalue weighted by molar-refractivity contribution is 6.17. The van der Waals surface area contributed by atoms with Gasteiger partial charge in [-0.05, 0) is 24.1 Å². The van der Waals surface area contributed by atoms with E-state index in [1.54, 1.807) is 0 Å². The fourth-order valence-corrected chi connectivity index (χ4v) is 2.13. The Balaban J connectivity index is 2.03. The molecule has 0 saturated carbocycles. The molecule has 0 amide bonds. The summed E-state index contributed by atoms with van der Waals surface area (Å²) in [5, 5.41) is 0. The highest BCUT2D eigenvalue weighted by atomic mass is 35.5. The molecule has 1 nitrogen and oxygen atoms in total. The molecule has 0 spiro atoms. The molecule has 0 aliphatic rings. The number of benzene rings is 1. The summed E-state index contributed by atoms with van der Waals surface area (Å²) in [6.07, 6.45) is 9.22. The number of ether oxygens (including phenoxy) is 1. The number of unbranched alkanes of at least 4 members (excludes halogenated alkanes) is 6. The lowest BCUT2D eigenvalue weighted by Crippen LogP contribution is -1.97. The van der Waals surface area contributed by atoms with Crippen LogP contribution in [-0.2, 0) is 5.88 Å². The number of halogens is 1. The van der Waals surface area contributed by atoms with Crippen LogP contribution < -0.4 is 4.74 Å². The summed E-state index contributed by atoms with van der Waals surface area (Å²) in [7, 11) is 0. The van der Waals surface area contributed by atoms with Crippen LogP contribution in [0, 0.1) is 0 Å². The van der Waals surface area contributed by atoms with Gasteiger partial charge in [-0.25, -0.2) is 0 Å². The van der Waals surface area contributed by atoms with E-state index < -0.39 is 0 Å².